The molecule has 5 rings (SSSR count). The molecular formula is C30H33N5O5. The SMILES string of the molecule is COc1ccc(C(C(=O)NCCC(C)C)N(Cc2ccc3c(c2)OCO3)C(=O)Cn2nnc3ccccc32)cc1. The fourth-order valence-corrected chi connectivity index (χ4v) is 4.65. The number of ether oxygens (including phenoxy) is 3. The van der Waals surface area contributed by atoms with Gasteiger partial charge in [-0.25, -0.2) is 4.68 Å². The third-order valence-corrected chi connectivity index (χ3v) is 6.83. The quantitative estimate of drug-likeness (QED) is 0.303. The average molecular weight is 544 g/mol. The van der Waals surface area contributed by atoms with Gasteiger partial charge in [0, 0.05) is 13.1 Å². The van der Waals surface area contributed by atoms with Gasteiger partial charge < -0.3 is 24.4 Å². The molecule has 3 aromatic carbocycles. The second-order valence-corrected chi connectivity index (χ2v) is 10.1. The molecule has 4 aromatic rings. The number of carbonyl (C=O) groups is 2. The van der Waals surface area contributed by atoms with E-state index in [1.807, 2.05) is 54.6 Å². The molecule has 10 nitrogen and oxygen atoms in total. The molecule has 0 aliphatic carbocycles. The van der Waals surface area contributed by atoms with Crippen LogP contribution in [0.4, 0.5) is 0 Å². The van der Waals surface area contributed by atoms with Crippen LogP contribution in [0.5, 0.6) is 17.2 Å². The molecule has 1 atom stereocenters. The Hall–Kier alpha value is -4.60. The van der Waals surface area contributed by atoms with Crippen molar-refractivity contribution >= 4 is 22.8 Å². The van der Waals surface area contributed by atoms with E-state index in [0.29, 0.717) is 40.8 Å². The Morgan fingerprint density at radius 1 is 1.05 bits per heavy atom. The van der Waals surface area contributed by atoms with Crippen LogP contribution in [0, 0.1) is 5.92 Å². The number of methoxy groups -OCH3 is 1. The van der Waals surface area contributed by atoms with Crippen LogP contribution in [0.1, 0.15) is 37.4 Å². The highest BCUT2D eigenvalue weighted by atomic mass is 16.7. The maximum Gasteiger partial charge on any atom is 0.247 e. The molecule has 0 spiro atoms. The molecule has 0 radical (unpaired) electrons. The highest BCUT2D eigenvalue weighted by Crippen LogP contribution is 2.34. The van der Waals surface area contributed by atoms with Crippen molar-refractivity contribution in [3.8, 4) is 17.2 Å². The van der Waals surface area contributed by atoms with Gasteiger partial charge in [0.25, 0.3) is 0 Å². The second-order valence-electron chi connectivity index (χ2n) is 10.1. The van der Waals surface area contributed by atoms with Crippen LogP contribution in [0.3, 0.4) is 0 Å². The largest absolute Gasteiger partial charge is 0.497 e. The van der Waals surface area contributed by atoms with Gasteiger partial charge >= 0.3 is 0 Å². The predicted molar refractivity (Wildman–Crippen MR) is 149 cm³/mol. The lowest BCUT2D eigenvalue weighted by Gasteiger charge is -2.32. The van der Waals surface area contributed by atoms with E-state index in [2.05, 4.69) is 29.5 Å². The van der Waals surface area contributed by atoms with Crippen molar-refractivity contribution in [1.82, 2.24) is 25.2 Å². The molecule has 40 heavy (non-hydrogen) atoms. The predicted octanol–water partition coefficient (Wildman–Crippen LogP) is 4.10. The van der Waals surface area contributed by atoms with Crippen LogP contribution in [0.2, 0.25) is 0 Å². The van der Waals surface area contributed by atoms with Crippen molar-refractivity contribution in [3.63, 3.8) is 0 Å². The fourth-order valence-electron chi connectivity index (χ4n) is 4.65. The van der Waals surface area contributed by atoms with Crippen LogP contribution in [0.15, 0.2) is 66.7 Å². The first-order valence-corrected chi connectivity index (χ1v) is 13.3. The highest BCUT2D eigenvalue weighted by Gasteiger charge is 2.32. The average Bonchev–Trinajstić information content (AvgIpc) is 3.59. The van der Waals surface area contributed by atoms with E-state index in [1.165, 1.54) is 0 Å². The monoisotopic (exact) mass is 543 g/mol. The molecule has 0 fully saturated rings. The van der Waals surface area contributed by atoms with Gasteiger partial charge in [0.15, 0.2) is 11.5 Å². The first-order chi connectivity index (χ1) is 19.4. The number of nitrogens with one attached hydrogen (secondary N) is 1. The van der Waals surface area contributed by atoms with Gasteiger partial charge in [0.05, 0.1) is 12.6 Å². The van der Waals surface area contributed by atoms with Gasteiger partial charge in [-0.3, -0.25) is 9.59 Å². The number of nitrogens with zero attached hydrogens (tertiary/aromatic N) is 4. The second kappa shape index (κ2) is 12.1. The third-order valence-electron chi connectivity index (χ3n) is 6.83. The first-order valence-electron chi connectivity index (χ1n) is 13.3. The van der Waals surface area contributed by atoms with Crippen molar-refractivity contribution in [1.29, 1.82) is 0 Å². The zero-order valence-electron chi connectivity index (χ0n) is 22.9. The lowest BCUT2D eigenvalue weighted by molar-refractivity contribution is -0.142. The van der Waals surface area contributed by atoms with Crippen LogP contribution >= 0.6 is 0 Å². The number of para-hydroxylation sites is 1. The number of amides is 2. The minimum absolute atomic E-state index is 0.0863. The molecule has 0 saturated heterocycles. The summed E-state index contributed by atoms with van der Waals surface area (Å²) in [5.74, 6) is 1.79. The number of aromatic nitrogens is 3. The molecule has 1 N–H and O–H groups in total. The fraction of sp³-hybridized carbons (Fsp3) is 0.333. The van der Waals surface area contributed by atoms with Crippen LogP contribution < -0.4 is 19.5 Å². The number of fused-ring (bicyclic) bond motifs is 2. The van der Waals surface area contributed by atoms with E-state index in [-0.39, 0.29) is 31.7 Å². The summed E-state index contributed by atoms with van der Waals surface area (Å²) < 4.78 is 17.9. The van der Waals surface area contributed by atoms with E-state index in [0.717, 1.165) is 17.5 Å². The van der Waals surface area contributed by atoms with Gasteiger partial charge in [0.1, 0.15) is 23.9 Å². The van der Waals surface area contributed by atoms with Gasteiger partial charge in [-0.15, -0.1) is 5.10 Å². The number of hydrogen-bond acceptors (Lipinski definition) is 7. The van der Waals surface area contributed by atoms with Gasteiger partial charge in [0.2, 0.25) is 18.6 Å². The minimum atomic E-state index is -0.897. The van der Waals surface area contributed by atoms with E-state index in [1.54, 1.807) is 28.8 Å². The normalized spacial score (nSPS) is 12.9. The van der Waals surface area contributed by atoms with Gasteiger partial charge in [-0.1, -0.05) is 49.4 Å². The standard InChI is InChI=1S/C30H33N5O5/c1-20(2)14-15-31-30(37)29(22-9-11-23(38-3)12-10-22)34(17-21-8-13-26-27(16-21)40-19-39-26)28(36)18-35-25-7-5-4-6-24(25)32-33-35/h4-13,16,20,29H,14-15,17-19H2,1-3H3,(H,31,37). The van der Waals surface area contributed by atoms with Gasteiger partial charge in [-0.05, 0) is 59.9 Å². The summed E-state index contributed by atoms with van der Waals surface area (Å²) in [6, 6.07) is 19.3. The molecule has 1 aromatic heterocycles. The minimum Gasteiger partial charge on any atom is -0.497 e. The Kier molecular flexibility index (Phi) is 8.14. The maximum absolute atomic E-state index is 14.1. The lowest BCUT2D eigenvalue weighted by Crippen LogP contribution is -2.45. The molecule has 1 aliphatic heterocycles. The highest BCUT2D eigenvalue weighted by molar-refractivity contribution is 5.89. The van der Waals surface area contributed by atoms with Crippen LogP contribution in [-0.2, 0) is 22.7 Å². The Morgan fingerprint density at radius 2 is 1.82 bits per heavy atom. The smallest absolute Gasteiger partial charge is 0.247 e. The molecule has 0 saturated carbocycles. The van der Waals surface area contributed by atoms with Crippen molar-refractivity contribution < 1.29 is 23.8 Å². The van der Waals surface area contributed by atoms with Gasteiger partial charge in [-0.2, -0.15) is 0 Å². The Morgan fingerprint density at radius 3 is 2.60 bits per heavy atom. The summed E-state index contributed by atoms with van der Waals surface area (Å²) in [5, 5.41) is 11.4. The maximum atomic E-state index is 14.1. The summed E-state index contributed by atoms with van der Waals surface area (Å²) in [5.41, 5.74) is 2.90. The first kappa shape index (κ1) is 27.0. The Balaban J connectivity index is 1.52. The molecule has 0 bridgehead atoms. The molecule has 1 aliphatic rings. The molecule has 208 valence electrons. The van der Waals surface area contributed by atoms with Crippen molar-refractivity contribution in [2.45, 2.75) is 39.4 Å². The zero-order valence-corrected chi connectivity index (χ0v) is 22.9. The van der Waals surface area contributed by atoms with Crippen LogP contribution in [0.25, 0.3) is 11.0 Å². The van der Waals surface area contributed by atoms with Crippen molar-refractivity contribution in [2.75, 3.05) is 20.4 Å². The topological polar surface area (TPSA) is 108 Å². The van der Waals surface area contributed by atoms with E-state index in [9.17, 15) is 9.59 Å². The summed E-state index contributed by atoms with van der Waals surface area (Å²) in [6.45, 7) is 4.93. The lowest BCUT2D eigenvalue weighted by atomic mass is 10.0. The molecule has 10 heteroatoms. The summed E-state index contributed by atoms with van der Waals surface area (Å²) in [4.78, 5) is 29.5. The number of hydrogen-bond donors (Lipinski definition) is 1. The molecule has 2 heterocycles. The third kappa shape index (κ3) is 6.01. The number of rotatable bonds is 11. The molecule has 2 amide bonds. The molecular weight excluding hydrogens is 510 g/mol. The van der Waals surface area contributed by atoms with Crippen LogP contribution in [-0.4, -0.2) is 52.2 Å². The zero-order chi connectivity index (χ0) is 28.1. The molecule has 1 unspecified atom stereocenters. The van der Waals surface area contributed by atoms with Crippen molar-refractivity contribution in [3.05, 3.63) is 77.9 Å². The summed E-state index contributed by atoms with van der Waals surface area (Å²) >= 11 is 0. The van der Waals surface area contributed by atoms with E-state index < -0.39 is 6.04 Å². The summed E-state index contributed by atoms with van der Waals surface area (Å²) in [6.07, 6.45) is 0.822. The van der Waals surface area contributed by atoms with E-state index >= 15 is 0 Å². The van der Waals surface area contributed by atoms with Crippen molar-refractivity contribution in [2.24, 2.45) is 5.92 Å². The Labute approximate surface area is 232 Å². The number of carbonyl (C=O) groups excluding carboxylic acids is 2. The summed E-state index contributed by atoms with van der Waals surface area (Å²) in [7, 11) is 1.59. The van der Waals surface area contributed by atoms with E-state index in [4.69, 9.17) is 14.2 Å². The number of benzene rings is 3. The Bertz CT molecular complexity index is 1480.